The maximum atomic E-state index is 12.9. The average Bonchev–Trinajstić information content (AvgIpc) is 2.69. The largest absolute Gasteiger partial charge is 0.443 e. The number of hydrogen-bond acceptors (Lipinski definition) is 5. The molecule has 6 amide bonds. The van der Waals surface area contributed by atoms with E-state index >= 15 is 0 Å². The molecule has 2 aromatic rings. The van der Waals surface area contributed by atoms with Crippen LogP contribution in [-0.2, 0) is 11.3 Å². The lowest BCUT2D eigenvalue weighted by molar-refractivity contribution is 0.0523. The number of ether oxygens (including phenoxy) is 1. The van der Waals surface area contributed by atoms with E-state index in [0.717, 1.165) is 8.58 Å². The molecule has 0 saturated heterocycles. The first-order valence-corrected chi connectivity index (χ1v) is 10.6. The number of benzene rings is 2. The van der Waals surface area contributed by atoms with E-state index in [1.165, 1.54) is 0 Å². The zero-order valence-corrected chi connectivity index (χ0v) is 19.9. The van der Waals surface area contributed by atoms with Crippen molar-refractivity contribution in [2.24, 2.45) is 5.73 Å². The predicted molar refractivity (Wildman–Crippen MR) is 127 cm³/mol. The molecule has 0 aromatic heterocycles. The Balaban J connectivity index is 2.27. The van der Waals surface area contributed by atoms with Crippen LogP contribution in [0.25, 0.3) is 0 Å². The standard InChI is InChI=1S/C21H24IN5O5/c1-21(2,3)32-20(31)26-27(16-6-4-5-13(11-16)12-24-18(23)29)19(30)25-17(28)14-7-9-15(22)10-8-14/h4-11H,12H2,1-3H3,(H,26,31)(H3,23,24,29)(H,25,28,30). The van der Waals surface area contributed by atoms with Crippen molar-refractivity contribution < 1.29 is 23.9 Å². The van der Waals surface area contributed by atoms with Gasteiger partial charge < -0.3 is 15.8 Å². The molecule has 0 bridgehead atoms. The van der Waals surface area contributed by atoms with Crippen LogP contribution < -0.4 is 26.8 Å². The number of anilines is 1. The summed E-state index contributed by atoms with van der Waals surface area (Å²) < 4.78 is 6.15. The number of carbonyl (C=O) groups is 4. The van der Waals surface area contributed by atoms with Gasteiger partial charge >= 0.3 is 18.2 Å². The monoisotopic (exact) mass is 553 g/mol. The van der Waals surface area contributed by atoms with Crippen molar-refractivity contribution in [2.45, 2.75) is 32.9 Å². The fourth-order valence-corrected chi connectivity index (χ4v) is 2.81. The van der Waals surface area contributed by atoms with E-state index in [-0.39, 0.29) is 17.8 Å². The van der Waals surface area contributed by atoms with Crippen LogP contribution in [0.15, 0.2) is 48.5 Å². The number of urea groups is 2. The highest BCUT2D eigenvalue weighted by atomic mass is 127. The van der Waals surface area contributed by atoms with Crippen molar-refractivity contribution in [1.82, 2.24) is 16.1 Å². The van der Waals surface area contributed by atoms with Gasteiger partial charge in [0.1, 0.15) is 5.60 Å². The number of halogens is 1. The van der Waals surface area contributed by atoms with E-state index in [4.69, 9.17) is 10.5 Å². The van der Waals surface area contributed by atoms with Gasteiger partial charge in [-0.2, -0.15) is 5.01 Å². The van der Waals surface area contributed by atoms with Crippen LogP contribution in [0.2, 0.25) is 0 Å². The highest BCUT2D eigenvalue weighted by Gasteiger charge is 2.24. The van der Waals surface area contributed by atoms with Crippen molar-refractivity contribution in [2.75, 3.05) is 5.01 Å². The number of amides is 6. The first kappa shape index (κ1) is 24.9. The summed E-state index contributed by atoms with van der Waals surface area (Å²) in [7, 11) is 0. The predicted octanol–water partition coefficient (Wildman–Crippen LogP) is 3.26. The average molecular weight is 553 g/mol. The van der Waals surface area contributed by atoms with E-state index in [1.807, 2.05) is 0 Å². The summed E-state index contributed by atoms with van der Waals surface area (Å²) in [6.45, 7) is 5.13. The number of nitrogens with one attached hydrogen (secondary N) is 3. The normalized spacial score (nSPS) is 10.6. The van der Waals surface area contributed by atoms with Crippen molar-refractivity contribution in [3.8, 4) is 0 Å². The SMILES string of the molecule is CC(C)(C)OC(=O)NN(C(=O)NC(=O)c1ccc(I)cc1)c1cccc(CNC(N)=O)c1. The number of hydrogen-bond donors (Lipinski definition) is 4. The Kier molecular flexibility index (Phi) is 8.41. The summed E-state index contributed by atoms with van der Waals surface area (Å²) in [5, 5.41) is 5.53. The molecule has 170 valence electrons. The van der Waals surface area contributed by atoms with Crippen LogP contribution in [0, 0.1) is 3.57 Å². The molecular formula is C21H24IN5O5. The van der Waals surface area contributed by atoms with Gasteiger partial charge in [-0.25, -0.2) is 19.8 Å². The van der Waals surface area contributed by atoms with Crippen molar-refractivity contribution in [1.29, 1.82) is 0 Å². The third kappa shape index (κ3) is 8.06. The molecule has 0 heterocycles. The summed E-state index contributed by atoms with van der Waals surface area (Å²) in [5.74, 6) is -0.645. The molecular weight excluding hydrogens is 529 g/mol. The molecule has 0 unspecified atom stereocenters. The number of carbonyl (C=O) groups excluding carboxylic acids is 4. The Hall–Kier alpha value is -3.35. The lowest BCUT2D eigenvalue weighted by Gasteiger charge is -2.26. The van der Waals surface area contributed by atoms with Crippen LogP contribution in [0.1, 0.15) is 36.7 Å². The molecule has 0 spiro atoms. The minimum Gasteiger partial charge on any atom is -0.443 e. The van der Waals surface area contributed by atoms with Crippen molar-refractivity contribution in [3.05, 3.63) is 63.2 Å². The van der Waals surface area contributed by atoms with Gasteiger partial charge in [0.25, 0.3) is 5.91 Å². The Labute approximate surface area is 199 Å². The second kappa shape index (κ2) is 10.8. The Morgan fingerprint density at radius 3 is 2.31 bits per heavy atom. The van der Waals surface area contributed by atoms with E-state index in [0.29, 0.717) is 5.56 Å². The summed E-state index contributed by atoms with van der Waals surface area (Å²) in [4.78, 5) is 48.7. The van der Waals surface area contributed by atoms with E-state index in [2.05, 4.69) is 38.7 Å². The molecule has 10 nitrogen and oxygen atoms in total. The van der Waals surface area contributed by atoms with Gasteiger partial charge in [-0.05, 0) is 85.3 Å². The van der Waals surface area contributed by atoms with E-state index in [9.17, 15) is 19.2 Å². The van der Waals surface area contributed by atoms with Crippen LogP contribution in [-0.4, -0.2) is 29.7 Å². The number of hydrazine groups is 1. The topological polar surface area (TPSA) is 143 Å². The number of nitrogens with two attached hydrogens (primary N) is 1. The molecule has 0 aliphatic rings. The second-order valence-corrected chi connectivity index (χ2v) is 8.85. The Bertz CT molecular complexity index is 1000. The number of nitrogens with zero attached hydrogens (tertiary/aromatic N) is 1. The summed E-state index contributed by atoms with van der Waals surface area (Å²) in [6, 6.07) is 11.4. The minimum absolute atomic E-state index is 0.104. The van der Waals surface area contributed by atoms with E-state index < -0.39 is 29.7 Å². The lowest BCUT2D eigenvalue weighted by atomic mass is 10.2. The maximum Gasteiger partial charge on any atom is 0.427 e. The summed E-state index contributed by atoms with van der Waals surface area (Å²) >= 11 is 2.10. The first-order chi connectivity index (χ1) is 14.9. The fourth-order valence-electron chi connectivity index (χ4n) is 2.45. The molecule has 2 rings (SSSR count). The van der Waals surface area contributed by atoms with Gasteiger partial charge in [-0.3, -0.25) is 10.1 Å². The minimum atomic E-state index is -0.903. The zero-order chi connectivity index (χ0) is 23.9. The molecule has 32 heavy (non-hydrogen) atoms. The van der Waals surface area contributed by atoms with Crippen LogP contribution >= 0.6 is 22.6 Å². The molecule has 0 radical (unpaired) electrons. The van der Waals surface area contributed by atoms with Crippen LogP contribution in [0.3, 0.4) is 0 Å². The van der Waals surface area contributed by atoms with Gasteiger partial charge in [0.15, 0.2) is 0 Å². The van der Waals surface area contributed by atoms with E-state index in [1.54, 1.807) is 69.3 Å². The first-order valence-electron chi connectivity index (χ1n) is 9.47. The third-order valence-electron chi connectivity index (χ3n) is 3.77. The number of rotatable bonds is 4. The molecule has 0 aliphatic carbocycles. The van der Waals surface area contributed by atoms with Gasteiger partial charge in [0, 0.05) is 15.7 Å². The number of imide groups is 1. The number of primary amides is 1. The van der Waals surface area contributed by atoms with Gasteiger partial charge in [-0.1, -0.05) is 12.1 Å². The van der Waals surface area contributed by atoms with Crippen LogP contribution in [0.5, 0.6) is 0 Å². The van der Waals surface area contributed by atoms with Crippen molar-refractivity contribution in [3.63, 3.8) is 0 Å². The zero-order valence-electron chi connectivity index (χ0n) is 17.8. The Morgan fingerprint density at radius 2 is 1.72 bits per heavy atom. The smallest absolute Gasteiger partial charge is 0.427 e. The highest BCUT2D eigenvalue weighted by molar-refractivity contribution is 14.1. The molecule has 0 aliphatic heterocycles. The molecule has 0 saturated carbocycles. The summed E-state index contributed by atoms with van der Waals surface area (Å²) in [6.07, 6.45) is -0.893. The van der Waals surface area contributed by atoms with Crippen LogP contribution in [0.4, 0.5) is 20.1 Å². The lowest BCUT2D eigenvalue weighted by Crippen LogP contribution is -2.53. The second-order valence-electron chi connectivity index (χ2n) is 7.60. The molecule has 2 aromatic carbocycles. The quantitative estimate of drug-likeness (QED) is 0.340. The molecule has 0 atom stereocenters. The van der Waals surface area contributed by atoms with Gasteiger partial charge in [0.05, 0.1) is 5.69 Å². The van der Waals surface area contributed by atoms with Gasteiger partial charge in [-0.15, -0.1) is 0 Å². The Morgan fingerprint density at radius 1 is 1.06 bits per heavy atom. The molecule has 11 heteroatoms. The summed E-state index contributed by atoms with van der Waals surface area (Å²) in [5.41, 5.74) is 7.74. The van der Waals surface area contributed by atoms with Crippen molar-refractivity contribution >= 4 is 52.3 Å². The molecule has 5 N–H and O–H groups in total. The highest BCUT2D eigenvalue weighted by Crippen LogP contribution is 2.16. The fraction of sp³-hybridized carbons (Fsp3) is 0.238. The molecule has 0 fully saturated rings. The van der Waals surface area contributed by atoms with Gasteiger partial charge in [0.2, 0.25) is 0 Å². The third-order valence-corrected chi connectivity index (χ3v) is 4.49. The maximum absolute atomic E-state index is 12.9.